The number of rotatable bonds is 8. The molecular weight excluding hydrogens is 568 g/mol. The summed E-state index contributed by atoms with van der Waals surface area (Å²) in [6, 6.07) is 17.8. The Morgan fingerprint density at radius 3 is 2.30 bits per heavy atom. The zero-order valence-corrected chi connectivity index (χ0v) is 23.4. The maximum atomic E-state index is 14.2. The summed E-state index contributed by atoms with van der Waals surface area (Å²) in [5, 5.41) is 5.91. The highest BCUT2D eigenvalue weighted by molar-refractivity contribution is 5.96. The molecular formula is C33H27F2N5O4. The van der Waals surface area contributed by atoms with Crippen molar-refractivity contribution in [3.05, 3.63) is 114 Å². The summed E-state index contributed by atoms with van der Waals surface area (Å²) in [6.45, 7) is 0. The molecule has 1 aliphatic rings. The van der Waals surface area contributed by atoms with Gasteiger partial charge >= 0.3 is 0 Å². The quantitative estimate of drug-likeness (QED) is 0.221. The molecule has 2 aromatic carbocycles. The molecule has 5 aromatic rings. The SMILES string of the molecule is O=Cc1ccc(-c2cccc(Oc3ncc(F)cc3C(=O)N[C@H]3CC[C@H](NC(=O)c4cn5cc(F)ccc5n4)CC3)c2)cc1. The maximum Gasteiger partial charge on any atom is 0.271 e. The second kappa shape index (κ2) is 12.4. The van der Waals surface area contributed by atoms with Crippen LogP contribution in [0.3, 0.4) is 0 Å². The fraction of sp³-hybridized carbons (Fsp3) is 0.182. The molecule has 1 fully saturated rings. The van der Waals surface area contributed by atoms with Crippen molar-refractivity contribution in [1.82, 2.24) is 25.0 Å². The zero-order chi connectivity index (χ0) is 30.6. The monoisotopic (exact) mass is 595 g/mol. The summed E-state index contributed by atoms with van der Waals surface area (Å²) in [5.74, 6) is -1.60. The third-order valence-electron chi connectivity index (χ3n) is 7.54. The molecule has 3 aromatic heterocycles. The molecule has 2 amide bonds. The molecule has 0 atom stereocenters. The lowest BCUT2D eigenvalue weighted by molar-refractivity contribution is 0.0888. The predicted molar refractivity (Wildman–Crippen MR) is 158 cm³/mol. The summed E-state index contributed by atoms with van der Waals surface area (Å²) in [4.78, 5) is 45.2. The highest BCUT2D eigenvalue weighted by Gasteiger charge is 2.26. The Hall–Kier alpha value is -5.45. The largest absolute Gasteiger partial charge is 0.438 e. The van der Waals surface area contributed by atoms with Gasteiger partial charge in [0, 0.05) is 30.0 Å². The van der Waals surface area contributed by atoms with Crippen molar-refractivity contribution in [2.45, 2.75) is 37.8 Å². The van der Waals surface area contributed by atoms with Crippen molar-refractivity contribution in [3.8, 4) is 22.8 Å². The summed E-state index contributed by atoms with van der Waals surface area (Å²) >= 11 is 0. The zero-order valence-electron chi connectivity index (χ0n) is 23.4. The molecule has 1 saturated carbocycles. The van der Waals surface area contributed by atoms with E-state index in [4.69, 9.17) is 4.74 Å². The van der Waals surface area contributed by atoms with Gasteiger partial charge in [0.05, 0.1) is 6.20 Å². The van der Waals surface area contributed by atoms with E-state index in [9.17, 15) is 23.2 Å². The lowest BCUT2D eigenvalue weighted by atomic mass is 9.91. The number of halogens is 2. The van der Waals surface area contributed by atoms with E-state index in [1.807, 2.05) is 18.2 Å². The number of pyridine rings is 2. The molecule has 0 bridgehead atoms. The van der Waals surface area contributed by atoms with Gasteiger partial charge in [-0.25, -0.2) is 18.7 Å². The van der Waals surface area contributed by atoms with Crippen LogP contribution in [-0.4, -0.2) is 44.6 Å². The van der Waals surface area contributed by atoms with Crippen LogP contribution in [-0.2, 0) is 0 Å². The molecule has 0 aliphatic heterocycles. The number of hydrogen-bond donors (Lipinski definition) is 2. The van der Waals surface area contributed by atoms with Gasteiger partial charge in [0.1, 0.15) is 40.6 Å². The number of amides is 2. The molecule has 11 heteroatoms. The van der Waals surface area contributed by atoms with E-state index in [1.54, 1.807) is 30.3 Å². The Kier molecular flexibility index (Phi) is 8.09. The number of imidazole rings is 1. The topological polar surface area (TPSA) is 115 Å². The van der Waals surface area contributed by atoms with Crippen LogP contribution in [0.15, 0.2) is 85.3 Å². The minimum atomic E-state index is -0.673. The van der Waals surface area contributed by atoms with Crippen molar-refractivity contribution in [1.29, 1.82) is 0 Å². The van der Waals surface area contributed by atoms with Gasteiger partial charge in [0.25, 0.3) is 11.8 Å². The number of hydrogen-bond acceptors (Lipinski definition) is 6. The summed E-state index contributed by atoms with van der Waals surface area (Å²) < 4.78 is 35.1. The lowest BCUT2D eigenvalue weighted by Crippen LogP contribution is -2.44. The summed E-state index contributed by atoms with van der Waals surface area (Å²) in [5.41, 5.74) is 2.88. The number of nitrogens with one attached hydrogen (secondary N) is 2. The molecule has 0 saturated heterocycles. The Labute approximate surface area is 250 Å². The van der Waals surface area contributed by atoms with Crippen LogP contribution >= 0.6 is 0 Å². The Morgan fingerprint density at radius 1 is 0.841 bits per heavy atom. The third kappa shape index (κ3) is 6.46. The van der Waals surface area contributed by atoms with Gasteiger partial charge in [-0.1, -0.05) is 36.4 Å². The molecule has 9 nitrogen and oxygen atoms in total. The smallest absolute Gasteiger partial charge is 0.271 e. The van der Waals surface area contributed by atoms with Gasteiger partial charge in [-0.3, -0.25) is 14.4 Å². The summed E-state index contributed by atoms with van der Waals surface area (Å²) in [6.07, 6.45) is 6.92. The van der Waals surface area contributed by atoms with E-state index >= 15 is 0 Å². The van der Waals surface area contributed by atoms with Crippen LogP contribution < -0.4 is 15.4 Å². The van der Waals surface area contributed by atoms with E-state index in [1.165, 1.54) is 28.9 Å². The first-order valence-electron chi connectivity index (χ1n) is 14.1. The Balaban J connectivity index is 1.07. The van der Waals surface area contributed by atoms with E-state index in [0.717, 1.165) is 29.7 Å². The molecule has 44 heavy (non-hydrogen) atoms. The van der Waals surface area contributed by atoms with Gasteiger partial charge in [-0.2, -0.15) is 0 Å². The van der Waals surface area contributed by atoms with Gasteiger partial charge < -0.3 is 19.8 Å². The van der Waals surface area contributed by atoms with Crippen molar-refractivity contribution >= 4 is 23.7 Å². The first-order chi connectivity index (χ1) is 21.3. The van der Waals surface area contributed by atoms with Crippen molar-refractivity contribution in [2.75, 3.05) is 0 Å². The number of aromatic nitrogens is 3. The highest BCUT2D eigenvalue weighted by atomic mass is 19.1. The normalized spacial score (nSPS) is 16.3. The molecule has 6 rings (SSSR count). The minimum Gasteiger partial charge on any atom is -0.438 e. The standard InChI is InChI=1S/C33H27F2N5O4/c34-23-8-13-30-39-29(18-40(30)17-23)32(43)38-26-11-9-25(10-12-26)37-31(42)28-15-24(35)16-36-33(28)44-27-3-1-2-22(14-27)21-6-4-20(19-41)5-7-21/h1-8,13-19,25-26H,9-12H2,(H,37,42)(H,38,43)/t25-,26-. The predicted octanol–water partition coefficient (Wildman–Crippen LogP) is 5.75. The van der Waals surface area contributed by atoms with Crippen LogP contribution in [0.1, 0.15) is 56.9 Å². The third-order valence-corrected chi connectivity index (χ3v) is 7.54. The first-order valence-corrected chi connectivity index (χ1v) is 14.1. The average molecular weight is 596 g/mol. The fourth-order valence-electron chi connectivity index (χ4n) is 5.25. The molecule has 0 radical (unpaired) electrons. The summed E-state index contributed by atoms with van der Waals surface area (Å²) in [7, 11) is 0. The van der Waals surface area contributed by atoms with Crippen LogP contribution in [0.2, 0.25) is 0 Å². The van der Waals surface area contributed by atoms with Gasteiger partial charge in [0.15, 0.2) is 0 Å². The van der Waals surface area contributed by atoms with E-state index in [0.29, 0.717) is 42.6 Å². The second-order valence-corrected chi connectivity index (χ2v) is 10.6. The number of carbonyl (C=O) groups is 3. The van der Waals surface area contributed by atoms with Gasteiger partial charge in [0.2, 0.25) is 5.88 Å². The maximum absolute atomic E-state index is 14.2. The van der Waals surface area contributed by atoms with Crippen LogP contribution in [0, 0.1) is 11.6 Å². The molecule has 222 valence electrons. The average Bonchev–Trinajstić information content (AvgIpc) is 3.46. The molecule has 1 aliphatic carbocycles. The molecule has 0 spiro atoms. The minimum absolute atomic E-state index is 0.0364. The number of benzene rings is 2. The Morgan fingerprint density at radius 2 is 1.57 bits per heavy atom. The number of ether oxygens (including phenoxy) is 1. The fourth-order valence-corrected chi connectivity index (χ4v) is 5.25. The van der Waals surface area contributed by atoms with Crippen LogP contribution in [0.5, 0.6) is 11.6 Å². The van der Waals surface area contributed by atoms with Gasteiger partial charge in [-0.15, -0.1) is 0 Å². The van der Waals surface area contributed by atoms with E-state index < -0.39 is 17.5 Å². The molecule has 2 N–H and O–H groups in total. The van der Waals surface area contributed by atoms with Crippen molar-refractivity contribution < 1.29 is 27.9 Å². The Bertz CT molecular complexity index is 1850. The van der Waals surface area contributed by atoms with Crippen molar-refractivity contribution in [2.24, 2.45) is 0 Å². The lowest BCUT2D eigenvalue weighted by Gasteiger charge is -2.29. The number of carbonyl (C=O) groups excluding carboxylic acids is 3. The number of aldehydes is 1. The van der Waals surface area contributed by atoms with E-state index in [-0.39, 0.29) is 35.1 Å². The van der Waals surface area contributed by atoms with Crippen LogP contribution in [0.25, 0.3) is 16.8 Å². The highest BCUT2D eigenvalue weighted by Crippen LogP contribution is 2.29. The van der Waals surface area contributed by atoms with Crippen LogP contribution in [0.4, 0.5) is 8.78 Å². The van der Waals surface area contributed by atoms with Gasteiger partial charge in [-0.05, 0) is 67.1 Å². The number of nitrogens with zero attached hydrogens (tertiary/aromatic N) is 3. The molecule has 0 unspecified atom stereocenters. The molecule has 3 heterocycles. The second-order valence-electron chi connectivity index (χ2n) is 10.6. The number of fused-ring (bicyclic) bond motifs is 1. The van der Waals surface area contributed by atoms with E-state index in [2.05, 4.69) is 20.6 Å². The first kappa shape index (κ1) is 28.7. The van der Waals surface area contributed by atoms with Crippen molar-refractivity contribution in [3.63, 3.8) is 0 Å².